The molecule has 20 heavy (non-hydrogen) atoms. The van der Waals surface area contributed by atoms with Gasteiger partial charge >= 0.3 is 0 Å². The van der Waals surface area contributed by atoms with Crippen LogP contribution in [-0.4, -0.2) is 17.5 Å². The number of nitrogens with one attached hydrogen (secondary N) is 1. The van der Waals surface area contributed by atoms with Crippen LogP contribution >= 0.6 is 11.8 Å². The fourth-order valence-electron chi connectivity index (χ4n) is 2.94. The van der Waals surface area contributed by atoms with Crippen molar-refractivity contribution in [1.82, 2.24) is 0 Å². The van der Waals surface area contributed by atoms with Gasteiger partial charge in [0.1, 0.15) is 11.6 Å². The zero-order valence-electron chi connectivity index (χ0n) is 11.3. The Balaban J connectivity index is 1.67. The SMILES string of the molecule is Fc1ccc(NC2=NCC3(CCCCC3)CS2)c(F)c1. The smallest absolute Gasteiger partial charge is 0.161 e. The maximum atomic E-state index is 13.6. The van der Waals surface area contributed by atoms with Gasteiger partial charge in [-0.3, -0.25) is 4.99 Å². The van der Waals surface area contributed by atoms with Crippen molar-refractivity contribution in [2.45, 2.75) is 32.1 Å². The van der Waals surface area contributed by atoms with Gasteiger partial charge in [-0.15, -0.1) is 0 Å². The molecule has 108 valence electrons. The maximum Gasteiger partial charge on any atom is 0.161 e. The van der Waals surface area contributed by atoms with Gasteiger partial charge in [-0.25, -0.2) is 8.78 Å². The summed E-state index contributed by atoms with van der Waals surface area (Å²) in [5.41, 5.74) is 0.646. The van der Waals surface area contributed by atoms with Gasteiger partial charge in [-0.05, 0) is 30.4 Å². The van der Waals surface area contributed by atoms with Gasteiger partial charge in [0.15, 0.2) is 5.17 Å². The zero-order valence-corrected chi connectivity index (χ0v) is 12.1. The van der Waals surface area contributed by atoms with Crippen molar-refractivity contribution in [2.75, 3.05) is 17.6 Å². The van der Waals surface area contributed by atoms with Crippen molar-refractivity contribution in [3.05, 3.63) is 29.8 Å². The lowest BCUT2D eigenvalue weighted by atomic mass is 9.75. The Morgan fingerprint density at radius 2 is 1.95 bits per heavy atom. The predicted octanol–water partition coefficient (Wildman–Crippen LogP) is 4.43. The predicted molar refractivity (Wildman–Crippen MR) is 80.3 cm³/mol. The Hall–Kier alpha value is -1.10. The molecule has 0 atom stereocenters. The number of benzene rings is 1. The number of thioether (sulfide) groups is 1. The molecule has 0 bridgehead atoms. The van der Waals surface area contributed by atoms with Gasteiger partial charge in [0, 0.05) is 18.4 Å². The van der Waals surface area contributed by atoms with Gasteiger partial charge in [0.2, 0.25) is 0 Å². The largest absolute Gasteiger partial charge is 0.333 e. The number of aliphatic imine (C=N–C) groups is 1. The molecule has 0 saturated heterocycles. The van der Waals surface area contributed by atoms with Crippen LogP contribution in [0.2, 0.25) is 0 Å². The highest BCUT2D eigenvalue weighted by Crippen LogP contribution is 2.42. The van der Waals surface area contributed by atoms with E-state index in [2.05, 4.69) is 10.3 Å². The molecule has 2 nitrogen and oxygen atoms in total. The quantitative estimate of drug-likeness (QED) is 0.829. The molecule has 3 rings (SSSR count). The number of rotatable bonds is 1. The van der Waals surface area contributed by atoms with Gasteiger partial charge in [-0.1, -0.05) is 31.0 Å². The molecule has 1 aliphatic carbocycles. The number of nitrogens with zero attached hydrogens (tertiary/aromatic N) is 1. The molecule has 1 saturated carbocycles. The van der Waals surface area contributed by atoms with Gasteiger partial charge < -0.3 is 5.32 Å². The van der Waals surface area contributed by atoms with Crippen molar-refractivity contribution in [3.63, 3.8) is 0 Å². The van der Waals surface area contributed by atoms with E-state index in [4.69, 9.17) is 0 Å². The molecule has 5 heteroatoms. The second kappa shape index (κ2) is 5.72. The lowest BCUT2D eigenvalue weighted by Crippen LogP contribution is -2.35. The first kappa shape index (κ1) is 13.9. The molecule has 1 spiro atoms. The van der Waals surface area contributed by atoms with Crippen molar-refractivity contribution in [2.24, 2.45) is 10.4 Å². The topological polar surface area (TPSA) is 24.4 Å². The number of halogens is 2. The molecule has 1 fully saturated rings. The molecule has 2 aliphatic rings. The Kier molecular flexibility index (Phi) is 3.96. The first-order valence-electron chi connectivity index (χ1n) is 7.06. The van der Waals surface area contributed by atoms with Crippen LogP contribution in [0.4, 0.5) is 14.5 Å². The van der Waals surface area contributed by atoms with Crippen molar-refractivity contribution < 1.29 is 8.78 Å². The van der Waals surface area contributed by atoms with E-state index < -0.39 is 11.6 Å². The van der Waals surface area contributed by atoms with E-state index >= 15 is 0 Å². The summed E-state index contributed by atoms with van der Waals surface area (Å²) in [6.45, 7) is 0.825. The molecule has 1 aromatic rings. The van der Waals surface area contributed by atoms with Crippen LogP contribution < -0.4 is 5.32 Å². The number of anilines is 1. The molecule has 1 aliphatic heterocycles. The number of hydrogen-bond donors (Lipinski definition) is 1. The molecule has 0 unspecified atom stereocenters. The molecular weight excluding hydrogens is 278 g/mol. The maximum absolute atomic E-state index is 13.6. The minimum Gasteiger partial charge on any atom is -0.333 e. The number of amidine groups is 1. The summed E-state index contributed by atoms with van der Waals surface area (Å²) in [6, 6.07) is 3.56. The van der Waals surface area contributed by atoms with Crippen LogP contribution in [0.25, 0.3) is 0 Å². The highest BCUT2D eigenvalue weighted by molar-refractivity contribution is 8.14. The van der Waals surface area contributed by atoms with Crippen molar-refractivity contribution in [1.29, 1.82) is 0 Å². The Bertz CT molecular complexity index is 525. The summed E-state index contributed by atoms with van der Waals surface area (Å²) in [4.78, 5) is 4.57. The fourth-order valence-corrected chi connectivity index (χ4v) is 4.10. The second-order valence-corrected chi connectivity index (χ2v) is 6.68. The average Bonchev–Trinajstić information content (AvgIpc) is 2.45. The van der Waals surface area contributed by atoms with E-state index in [1.165, 1.54) is 44.2 Å². The monoisotopic (exact) mass is 296 g/mol. The lowest BCUT2D eigenvalue weighted by molar-refractivity contribution is 0.232. The van der Waals surface area contributed by atoms with E-state index in [0.717, 1.165) is 23.5 Å². The molecule has 0 aromatic heterocycles. The highest BCUT2D eigenvalue weighted by Gasteiger charge is 2.34. The number of hydrogen-bond acceptors (Lipinski definition) is 3. The zero-order chi connectivity index (χ0) is 14.0. The first-order chi connectivity index (χ1) is 9.67. The first-order valence-corrected chi connectivity index (χ1v) is 8.05. The molecule has 0 radical (unpaired) electrons. The highest BCUT2D eigenvalue weighted by atomic mass is 32.2. The summed E-state index contributed by atoms with van der Waals surface area (Å²) < 4.78 is 26.4. The minimum absolute atomic E-state index is 0.289. The minimum atomic E-state index is -0.578. The third kappa shape index (κ3) is 2.97. The Morgan fingerprint density at radius 3 is 2.60 bits per heavy atom. The lowest BCUT2D eigenvalue weighted by Gasteiger charge is -2.38. The summed E-state index contributed by atoms with van der Waals surface area (Å²) in [5.74, 6) is -0.0968. The summed E-state index contributed by atoms with van der Waals surface area (Å²) >= 11 is 1.65. The van der Waals surface area contributed by atoms with Crippen LogP contribution in [0.1, 0.15) is 32.1 Å². The van der Waals surface area contributed by atoms with Crippen molar-refractivity contribution >= 4 is 22.6 Å². The summed E-state index contributed by atoms with van der Waals surface area (Å²) in [6.07, 6.45) is 6.43. The van der Waals surface area contributed by atoms with Crippen LogP contribution in [0, 0.1) is 17.0 Å². The van der Waals surface area contributed by atoms with E-state index in [-0.39, 0.29) is 5.69 Å². The standard InChI is InChI=1S/C15H18F2N2S/c16-11-4-5-13(12(17)8-11)19-14-18-9-15(10-20-14)6-2-1-3-7-15/h4-5,8H,1-3,6-7,9-10H2,(H,18,19). The van der Waals surface area contributed by atoms with Crippen molar-refractivity contribution in [3.8, 4) is 0 Å². The molecule has 1 heterocycles. The van der Waals surface area contributed by atoms with Crippen LogP contribution in [0.3, 0.4) is 0 Å². The second-order valence-electron chi connectivity index (χ2n) is 5.72. The normalized spacial score (nSPS) is 21.6. The van der Waals surface area contributed by atoms with Crippen LogP contribution in [-0.2, 0) is 0 Å². The third-order valence-corrected chi connectivity index (χ3v) is 5.42. The average molecular weight is 296 g/mol. The summed E-state index contributed by atoms with van der Waals surface area (Å²) in [5, 5.41) is 3.71. The Morgan fingerprint density at radius 1 is 1.15 bits per heavy atom. The van der Waals surface area contributed by atoms with E-state index in [9.17, 15) is 8.78 Å². The third-order valence-electron chi connectivity index (χ3n) is 4.16. The van der Waals surface area contributed by atoms with Gasteiger partial charge in [-0.2, -0.15) is 0 Å². The van der Waals surface area contributed by atoms with E-state index in [1.54, 1.807) is 11.8 Å². The van der Waals surface area contributed by atoms with E-state index in [1.807, 2.05) is 0 Å². The van der Waals surface area contributed by atoms with Gasteiger partial charge in [0.05, 0.1) is 5.69 Å². The van der Waals surface area contributed by atoms with E-state index in [0.29, 0.717) is 5.41 Å². The molecule has 0 amide bonds. The summed E-state index contributed by atoms with van der Waals surface area (Å²) in [7, 11) is 0. The Labute approximate surface area is 122 Å². The molecular formula is C15H18F2N2S. The molecule has 1 aromatic carbocycles. The van der Waals surface area contributed by atoms with Crippen LogP contribution in [0.5, 0.6) is 0 Å². The van der Waals surface area contributed by atoms with Gasteiger partial charge in [0.25, 0.3) is 0 Å². The fraction of sp³-hybridized carbons (Fsp3) is 0.533. The molecule has 1 N–H and O–H groups in total. The van der Waals surface area contributed by atoms with Crippen LogP contribution in [0.15, 0.2) is 23.2 Å².